The highest BCUT2D eigenvalue weighted by Crippen LogP contribution is 2.25. The Morgan fingerprint density at radius 3 is 2.67 bits per heavy atom. The predicted octanol–water partition coefficient (Wildman–Crippen LogP) is 4.56. The van der Waals surface area contributed by atoms with Gasteiger partial charge in [-0.2, -0.15) is 0 Å². The Morgan fingerprint density at radius 1 is 1.21 bits per heavy atom. The molecule has 122 valence electrons. The first kappa shape index (κ1) is 16.3. The Balaban J connectivity index is 1.74. The van der Waals surface area contributed by atoms with E-state index in [1.165, 1.54) is 18.2 Å². The minimum Gasteiger partial charge on any atom is -0.449 e. The maximum absolute atomic E-state index is 13.1. The van der Waals surface area contributed by atoms with Crippen LogP contribution < -0.4 is 0 Å². The molecule has 3 rings (SSSR count). The SMILES string of the molecule is CC(OC(=O)c1ccc(F)cc1Br)c1nnc(-c2ccccc2)o1. The summed E-state index contributed by atoms with van der Waals surface area (Å²) in [4.78, 5) is 12.2. The summed E-state index contributed by atoms with van der Waals surface area (Å²) in [5.74, 6) is -0.540. The van der Waals surface area contributed by atoms with Gasteiger partial charge in [0.25, 0.3) is 5.89 Å². The van der Waals surface area contributed by atoms with Crippen molar-refractivity contribution in [1.29, 1.82) is 0 Å². The standard InChI is InChI=1S/C17H12BrFN2O3/c1-10(23-17(22)13-8-7-12(19)9-14(13)18)15-20-21-16(24-15)11-5-3-2-4-6-11/h2-10H,1H3. The number of nitrogens with zero attached hydrogens (tertiary/aromatic N) is 2. The maximum atomic E-state index is 13.1. The first-order chi connectivity index (χ1) is 11.5. The van der Waals surface area contributed by atoms with Gasteiger partial charge in [-0.3, -0.25) is 0 Å². The number of benzene rings is 2. The normalized spacial score (nSPS) is 12.0. The molecule has 7 heteroatoms. The van der Waals surface area contributed by atoms with E-state index in [4.69, 9.17) is 9.15 Å². The molecule has 0 amide bonds. The van der Waals surface area contributed by atoms with Crippen LogP contribution in [0.2, 0.25) is 0 Å². The third kappa shape index (κ3) is 3.51. The summed E-state index contributed by atoms with van der Waals surface area (Å²) in [5, 5.41) is 7.86. The molecule has 0 N–H and O–H groups in total. The van der Waals surface area contributed by atoms with Crippen molar-refractivity contribution >= 4 is 21.9 Å². The summed E-state index contributed by atoms with van der Waals surface area (Å²) in [6.07, 6.45) is -0.737. The second-order valence-corrected chi connectivity index (χ2v) is 5.84. The third-order valence-electron chi connectivity index (χ3n) is 3.24. The second-order valence-electron chi connectivity index (χ2n) is 4.98. The van der Waals surface area contributed by atoms with Gasteiger partial charge in [-0.1, -0.05) is 18.2 Å². The predicted molar refractivity (Wildman–Crippen MR) is 87.7 cm³/mol. The Labute approximate surface area is 145 Å². The van der Waals surface area contributed by atoms with E-state index in [0.29, 0.717) is 10.4 Å². The third-order valence-corrected chi connectivity index (χ3v) is 3.90. The summed E-state index contributed by atoms with van der Waals surface area (Å²) in [5.41, 5.74) is 0.988. The zero-order valence-corrected chi connectivity index (χ0v) is 14.2. The fourth-order valence-corrected chi connectivity index (χ4v) is 2.54. The molecule has 1 heterocycles. The minimum atomic E-state index is -0.737. The molecule has 0 aliphatic rings. The molecule has 1 unspecified atom stereocenters. The van der Waals surface area contributed by atoms with E-state index in [1.54, 1.807) is 6.92 Å². The van der Waals surface area contributed by atoms with Crippen LogP contribution in [0.15, 0.2) is 57.4 Å². The van der Waals surface area contributed by atoms with Gasteiger partial charge in [0, 0.05) is 10.0 Å². The molecule has 3 aromatic rings. The Morgan fingerprint density at radius 2 is 1.96 bits per heavy atom. The quantitative estimate of drug-likeness (QED) is 0.611. The zero-order chi connectivity index (χ0) is 17.1. The highest BCUT2D eigenvalue weighted by Gasteiger charge is 2.21. The monoisotopic (exact) mass is 390 g/mol. The first-order valence-electron chi connectivity index (χ1n) is 7.09. The van der Waals surface area contributed by atoms with Gasteiger partial charge in [0.15, 0.2) is 6.10 Å². The summed E-state index contributed by atoms with van der Waals surface area (Å²) in [6, 6.07) is 13.0. The summed E-state index contributed by atoms with van der Waals surface area (Å²) >= 11 is 3.14. The molecular weight excluding hydrogens is 379 g/mol. The Hall–Kier alpha value is -2.54. The van der Waals surface area contributed by atoms with Crippen molar-refractivity contribution in [2.75, 3.05) is 0 Å². The molecule has 0 bridgehead atoms. The minimum absolute atomic E-state index is 0.181. The molecule has 0 radical (unpaired) electrons. The van der Waals surface area contributed by atoms with Gasteiger partial charge in [-0.15, -0.1) is 10.2 Å². The molecule has 1 atom stereocenters. The number of rotatable bonds is 4. The number of hydrogen-bond acceptors (Lipinski definition) is 5. The lowest BCUT2D eigenvalue weighted by atomic mass is 10.2. The Kier molecular flexibility index (Phi) is 4.71. The van der Waals surface area contributed by atoms with Gasteiger partial charge < -0.3 is 9.15 Å². The van der Waals surface area contributed by atoms with E-state index in [0.717, 1.165) is 5.56 Å². The van der Waals surface area contributed by atoms with Crippen molar-refractivity contribution in [2.24, 2.45) is 0 Å². The molecule has 0 spiro atoms. The van der Waals surface area contributed by atoms with Crippen molar-refractivity contribution < 1.29 is 18.3 Å². The number of carbonyl (C=O) groups excluding carboxylic acids is 1. The lowest BCUT2D eigenvalue weighted by Crippen LogP contribution is -2.10. The smallest absolute Gasteiger partial charge is 0.340 e. The molecule has 0 aliphatic carbocycles. The van der Waals surface area contributed by atoms with Gasteiger partial charge in [0.05, 0.1) is 5.56 Å². The van der Waals surface area contributed by atoms with Crippen molar-refractivity contribution in [3.8, 4) is 11.5 Å². The fraction of sp³-hybridized carbons (Fsp3) is 0.118. The molecular formula is C17H12BrFN2O3. The molecule has 24 heavy (non-hydrogen) atoms. The van der Waals surface area contributed by atoms with Crippen LogP contribution >= 0.6 is 15.9 Å². The van der Waals surface area contributed by atoms with Gasteiger partial charge in [-0.25, -0.2) is 9.18 Å². The molecule has 5 nitrogen and oxygen atoms in total. The van der Waals surface area contributed by atoms with E-state index in [9.17, 15) is 9.18 Å². The van der Waals surface area contributed by atoms with Crippen molar-refractivity contribution in [3.63, 3.8) is 0 Å². The van der Waals surface area contributed by atoms with E-state index in [-0.39, 0.29) is 11.5 Å². The zero-order valence-electron chi connectivity index (χ0n) is 12.6. The fourth-order valence-electron chi connectivity index (χ4n) is 2.03. The van der Waals surface area contributed by atoms with E-state index < -0.39 is 17.9 Å². The van der Waals surface area contributed by atoms with E-state index in [1.807, 2.05) is 30.3 Å². The highest BCUT2D eigenvalue weighted by atomic mass is 79.9. The second kappa shape index (κ2) is 6.92. The number of esters is 1. The largest absolute Gasteiger partial charge is 0.449 e. The number of ether oxygens (including phenoxy) is 1. The van der Waals surface area contributed by atoms with E-state index in [2.05, 4.69) is 26.1 Å². The lowest BCUT2D eigenvalue weighted by molar-refractivity contribution is 0.0278. The molecule has 1 aromatic heterocycles. The van der Waals surface area contributed by atoms with Gasteiger partial charge in [0.1, 0.15) is 5.82 Å². The van der Waals surface area contributed by atoms with Crippen LogP contribution in [0, 0.1) is 5.82 Å². The van der Waals surface area contributed by atoms with Gasteiger partial charge >= 0.3 is 5.97 Å². The van der Waals surface area contributed by atoms with E-state index >= 15 is 0 Å². The van der Waals surface area contributed by atoms with Crippen LogP contribution in [0.4, 0.5) is 4.39 Å². The molecule has 0 fully saturated rings. The number of aromatic nitrogens is 2. The number of carbonyl (C=O) groups is 1. The van der Waals surface area contributed by atoms with Crippen molar-refractivity contribution in [1.82, 2.24) is 10.2 Å². The molecule has 0 saturated heterocycles. The topological polar surface area (TPSA) is 65.2 Å². The van der Waals surface area contributed by atoms with Crippen LogP contribution in [0.5, 0.6) is 0 Å². The van der Waals surface area contributed by atoms with Crippen LogP contribution in [0.3, 0.4) is 0 Å². The Bertz CT molecular complexity index is 867. The molecule has 0 aliphatic heterocycles. The average Bonchev–Trinajstić information content (AvgIpc) is 3.05. The van der Waals surface area contributed by atoms with Crippen molar-refractivity contribution in [3.05, 3.63) is 70.3 Å². The van der Waals surface area contributed by atoms with Gasteiger partial charge in [0.2, 0.25) is 5.89 Å². The van der Waals surface area contributed by atoms with Crippen LogP contribution in [-0.4, -0.2) is 16.2 Å². The van der Waals surface area contributed by atoms with Crippen LogP contribution in [0.1, 0.15) is 29.3 Å². The number of halogens is 2. The molecule has 2 aromatic carbocycles. The number of hydrogen-bond donors (Lipinski definition) is 0. The highest BCUT2D eigenvalue weighted by molar-refractivity contribution is 9.10. The first-order valence-corrected chi connectivity index (χ1v) is 7.89. The maximum Gasteiger partial charge on any atom is 0.340 e. The summed E-state index contributed by atoms with van der Waals surface area (Å²) in [6.45, 7) is 1.62. The van der Waals surface area contributed by atoms with Crippen LogP contribution in [0.25, 0.3) is 11.5 Å². The summed E-state index contributed by atoms with van der Waals surface area (Å²) in [7, 11) is 0. The van der Waals surface area contributed by atoms with Gasteiger partial charge in [-0.05, 0) is 53.2 Å². The summed E-state index contributed by atoms with van der Waals surface area (Å²) < 4.78 is 24.3. The molecule has 0 saturated carbocycles. The van der Waals surface area contributed by atoms with Crippen molar-refractivity contribution in [2.45, 2.75) is 13.0 Å². The van der Waals surface area contributed by atoms with Crippen LogP contribution in [-0.2, 0) is 4.74 Å². The lowest BCUT2D eigenvalue weighted by Gasteiger charge is -2.10. The average molecular weight is 391 g/mol.